The highest BCUT2D eigenvalue weighted by Gasteiger charge is 2.31. The van der Waals surface area contributed by atoms with Gasteiger partial charge in [-0.2, -0.15) is 13.2 Å². The average Bonchev–Trinajstić information content (AvgIpc) is 2.47. The topological polar surface area (TPSA) is 51.1 Å². The lowest BCUT2D eigenvalue weighted by Crippen LogP contribution is -2.32. The molecule has 1 N–H and O–H groups in total. The van der Waals surface area contributed by atoms with Crippen LogP contribution in [-0.4, -0.2) is 10.5 Å². The van der Waals surface area contributed by atoms with Crippen LogP contribution in [0, 0.1) is 5.82 Å². The summed E-state index contributed by atoms with van der Waals surface area (Å²) in [5, 5.41) is 2.35. The second-order valence-corrected chi connectivity index (χ2v) is 4.75. The first-order valence-electron chi connectivity index (χ1n) is 6.55. The van der Waals surface area contributed by atoms with E-state index in [1.807, 2.05) is 0 Å². The van der Waals surface area contributed by atoms with Gasteiger partial charge in [-0.1, -0.05) is 18.2 Å². The SMILES string of the molecule is O=C(Cn1cc(C(F)(F)F)ccc1=O)NCc1ccccc1F. The van der Waals surface area contributed by atoms with Gasteiger partial charge in [0, 0.05) is 24.4 Å². The lowest BCUT2D eigenvalue weighted by atomic mass is 10.2. The van der Waals surface area contributed by atoms with Crippen LogP contribution in [0.4, 0.5) is 17.6 Å². The molecule has 1 amide bonds. The van der Waals surface area contributed by atoms with Crippen LogP contribution in [0.25, 0.3) is 0 Å². The molecule has 2 aromatic rings. The number of carbonyl (C=O) groups is 1. The molecule has 0 saturated carbocycles. The molecule has 0 spiro atoms. The predicted octanol–water partition coefficient (Wildman–Crippen LogP) is 2.32. The number of rotatable bonds is 4. The van der Waals surface area contributed by atoms with E-state index in [4.69, 9.17) is 0 Å². The number of nitrogens with one attached hydrogen (secondary N) is 1. The van der Waals surface area contributed by atoms with Crippen LogP contribution in [0.2, 0.25) is 0 Å². The fourth-order valence-corrected chi connectivity index (χ4v) is 1.87. The van der Waals surface area contributed by atoms with E-state index < -0.39 is 35.6 Å². The van der Waals surface area contributed by atoms with E-state index in [1.165, 1.54) is 18.2 Å². The van der Waals surface area contributed by atoms with Gasteiger partial charge in [0.2, 0.25) is 5.91 Å². The van der Waals surface area contributed by atoms with Gasteiger partial charge < -0.3 is 9.88 Å². The second kappa shape index (κ2) is 6.64. The largest absolute Gasteiger partial charge is 0.417 e. The molecular weight excluding hydrogens is 316 g/mol. The van der Waals surface area contributed by atoms with Crippen LogP contribution in [0.1, 0.15) is 11.1 Å². The summed E-state index contributed by atoms with van der Waals surface area (Å²) in [5.74, 6) is -1.21. The van der Waals surface area contributed by atoms with E-state index in [-0.39, 0.29) is 12.1 Å². The predicted molar refractivity (Wildman–Crippen MR) is 74.0 cm³/mol. The summed E-state index contributed by atoms with van der Waals surface area (Å²) >= 11 is 0. The minimum atomic E-state index is -4.61. The molecule has 0 radical (unpaired) electrons. The number of amides is 1. The number of pyridine rings is 1. The number of carbonyl (C=O) groups excluding carboxylic acids is 1. The van der Waals surface area contributed by atoms with Crippen molar-refractivity contribution < 1.29 is 22.4 Å². The van der Waals surface area contributed by atoms with Gasteiger partial charge in [-0.05, 0) is 12.1 Å². The monoisotopic (exact) mass is 328 g/mol. The summed E-state index contributed by atoms with van der Waals surface area (Å²) in [5.41, 5.74) is -1.53. The Labute approximate surface area is 128 Å². The Kier molecular flexibility index (Phi) is 4.83. The highest BCUT2D eigenvalue weighted by Crippen LogP contribution is 2.27. The van der Waals surface area contributed by atoms with E-state index in [2.05, 4.69) is 5.32 Å². The van der Waals surface area contributed by atoms with Crippen molar-refractivity contribution in [1.29, 1.82) is 0 Å². The molecule has 1 aromatic heterocycles. The molecule has 122 valence electrons. The maximum Gasteiger partial charge on any atom is 0.417 e. The van der Waals surface area contributed by atoms with E-state index in [0.29, 0.717) is 16.8 Å². The van der Waals surface area contributed by atoms with Crippen molar-refractivity contribution in [1.82, 2.24) is 9.88 Å². The molecule has 1 heterocycles. The number of hydrogen-bond acceptors (Lipinski definition) is 2. The summed E-state index contributed by atoms with van der Waals surface area (Å²) in [4.78, 5) is 23.3. The summed E-state index contributed by atoms with van der Waals surface area (Å²) in [7, 11) is 0. The van der Waals surface area contributed by atoms with E-state index >= 15 is 0 Å². The van der Waals surface area contributed by atoms with E-state index in [1.54, 1.807) is 6.07 Å². The fourth-order valence-electron chi connectivity index (χ4n) is 1.87. The second-order valence-electron chi connectivity index (χ2n) is 4.75. The minimum Gasteiger partial charge on any atom is -0.350 e. The molecule has 0 atom stereocenters. The van der Waals surface area contributed by atoms with Gasteiger partial charge in [0.15, 0.2) is 0 Å². The van der Waals surface area contributed by atoms with Crippen LogP contribution in [-0.2, 0) is 24.1 Å². The Hall–Kier alpha value is -2.64. The molecular formula is C15H12F4N2O2. The Morgan fingerprint density at radius 3 is 2.48 bits per heavy atom. The van der Waals surface area contributed by atoms with Gasteiger partial charge in [0.1, 0.15) is 12.4 Å². The zero-order valence-electron chi connectivity index (χ0n) is 11.7. The van der Waals surface area contributed by atoms with Crippen molar-refractivity contribution in [3.05, 3.63) is 69.9 Å². The van der Waals surface area contributed by atoms with E-state index in [0.717, 1.165) is 6.07 Å². The Morgan fingerprint density at radius 2 is 1.83 bits per heavy atom. The molecule has 4 nitrogen and oxygen atoms in total. The van der Waals surface area contributed by atoms with Gasteiger partial charge in [-0.3, -0.25) is 9.59 Å². The Balaban J connectivity index is 2.06. The van der Waals surface area contributed by atoms with Crippen molar-refractivity contribution in [2.75, 3.05) is 0 Å². The number of aromatic nitrogens is 1. The molecule has 0 aliphatic carbocycles. The van der Waals surface area contributed by atoms with Crippen LogP contribution in [0.15, 0.2) is 47.4 Å². The van der Waals surface area contributed by atoms with Crippen molar-refractivity contribution >= 4 is 5.91 Å². The van der Waals surface area contributed by atoms with Crippen LogP contribution in [0.3, 0.4) is 0 Å². The first-order chi connectivity index (χ1) is 10.8. The molecule has 1 aromatic carbocycles. The lowest BCUT2D eigenvalue weighted by molar-refractivity contribution is -0.138. The van der Waals surface area contributed by atoms with Crippen LogP contribution in [0.5, 0.6) is 0 Å². The molecule has 0 bridgehead atoms. The standard InChI is InChI=1S/C15H12F4N2O2/c16-12-4-2-1-3-10(12)7-20-13(22)9-21-8-11(15(17,18)19)5-6-14(21)23/h1-6,8H,7,9H2,(H,20,22). The summed E-state index contributed by atoms with van der Waals surface area (Å²) < 4.78 is 51.8. The molecule has 0 aliphatic rings. The van der Waals surface area contributed by atoms with Gasteiger partial charge >= 0.3 is 6.18 Å². The molecule has 0 saturated heterocycles. The maximum atomic E-state index is 13.4. The van der Waals surface area contributed by atoms with Gasteiger partial charge in [0.25, 0.3) is 5.56 Å². The molecule has 8 heteroatoms. The maximum absolute atomic E-state index is 13.4. The minimum absolute atomic E-state index is 0.126. The van der Waals surface area contributed by atoms with Gasteiger partial charge in [0.05, 0.1) is 5.56 Å². The normalized spacial score (nSPS) is 11.3. The average molecular weight is 328 g/mol. The van der Waals surface area contributed by atoms with Crippen molar-refractivity contribution in [2.24, 2.45) is 0 Å². The lowest BCUT2D eigenvalue weighted by Gasteiger charge is -2.11. The summed E-state index contributed by atoms with van der Waals surface area (Å²) in [6, 6.07) is 7.15. The molecule has 0 unspecified atom stereocenters. The van der Waals surface area contributed by atoms with Crippen molar-refractivity contribution in [3.8, 4) is 0 Å². The Morgan fingerprint density at radius 1 is 1.13 bits per heavy atom. The molecule has 0 fully saturated rings. The first kappa shape index (κ1) is 16.7. The molecule has 0 aliphatic heterocycles. The number of hydrogen-bond donors (Lipinski definition) is 1. The third-order valence-electron chi connectivity index (χ3n) is 3.06. The van der Waals surface area contributed by atoms with Crippen molar-refractivity contribution in [3.63, 3.8) is 0 Å². The molecule has 23 heavy (non-hydrogen) atoms. The van der Waals surface area contributed by atoms with Crippen LogP contribution >= 0.6 is 0 Å². The quantitative estimate of drug-likeness (QED) is 0.876. The Bertz CT molecular complexity index is 769. The fraction of sp³-hybridized carbons (Fsp3) is 0.200. The number of halogens is 4. The summed E-state index contributed by atoms with van der Waals surface area (Å²) in [6.07, 6.45) is -4.04. The van der Waals surface area contributed by atoms with Crippen molar-refractivity contribution in [2.45, 2.75) is 19.3 Å². The first-order valence-corrected chi connectivity index (χ1v) is 6.55. The highest BCUT2D eigenvalue weighted by atomic mass is 19.4. The van der Waals surface area contributed by atoms with Gasteiger partial charge in [-0.25, -0.2) is 4.39 Å². The number of alkyl halides is 3. The number of nitrogens with zero attached hydrogens (tertiary/aromatic N) is 1. The smallest absolute Gasteiger partial charge is 0.350 e. The molecule has 2 rings (SSSR count). The third-order valence-corrected chi connectivity index (χ3v) is 3.06. The van der Waals surface area contributed by atoms with E-state index in [9.17, 15) is 27.2 Å². The highest BCUT2D eigenvalue weighted by molar-refractivity contribution is 5.75. The zero-order chi connectivity index (χ0) is 17.0. The third kappa shape index (κ3) is 4.41. The summed E-state index contributed by atoms with van der Waals surface area (Å²) in [6.45, 7) is -0.712. The van der Waals surface area contributed by atoms with Gasteiger partial charge in [-0.15, -0.1) is 0 Å². The number of benzene rings is 1. The zero-order valence-corrected chi connectivity index (χ0v) is 11.7. The van der Waals surface area contributed by atoms with Crippen LogP contribution < -0.4 is 10.9 Å².